The molecule has 3 rings (SSSR count). The summed E-state index contributed by atoms with van der Waals surface area (Å²) in [5, 5.41) is 7.97. The van der Waals surface area contributed by atoms with E-state index in [1.54, 1.807) is 30.0 Å². The lowest BCUT2D eigenvalue weighted by molar-refractivity contribution is 0.174. The van der Waals surface area contributed by atoms with Gasteiger partial charge < -0.3 is 14.8 Å². The summed E-state index contributed by atoms with van der Waals surface area (Å²) < 4.78 is 10.5. The highest BCUT2D eigenvalue weighted by Gasteiger charge is 2.14. The Balaban J connectivity index is 1.60. The second kappa shape index (κ2) is 6.23. The van der Waals surface area contributed by atoms with Crippen LogP contribution in [0.3, 0.4) is 0 Å². The zero-order valence-electron chi connectivity index (χ0n) is 11.2. The number of nitrogens with zero attached hydrogens (tertiary/aromatic N) is 1. The summed E-state index contributed by atoms with van der Waals surface area (Å²) in [5.74, 6) is 2.15. The number of aromatic nitrogens is 1. The highest BCUT2D eigenvalue weighted by atomic mass is 32.2. The monoisotopic (exact) mass is 323 g/mol. The Hall–Kier alpha value is -1.93. The maximum absolute atomic E-state index is 11.9. The molecule has 2 aromatic rings. The molecule has 0 bridgehead atoms. The van der Waals surface area contributed by atoms with Crippen LogP contribution in [-0.4, -0.2) is 24.1 Å². The summed E-state index contributed by atoms with van der Waals surface area (Å²) in [5.41, 5.74) is 1.60. The predicted octanol–water partition coefficient (Wildman–Crippen LogP) is 3.38. The van der Waals surface area contributed by atoms with Crippen LogP contribution >= 0.6 is 23.1 Å². The minimum absolute atomic E-state index is 0.211. The van der Waals surface area contributed by atoms with Gasteiger partial charge in [0.05, 0.1) is 5.69 Å². The van der Waals surface area contributed by atoms with Gasteiger partial charge in [-0.15, -0.1) is 11.3 Å². The molecule has 2 amide bonds. The minimum atomic E-state index is -0.334. The summed E-state index contributed by atoms with van der Waals surface area (Å²) in [6, 6.07) is 4.91. The second-order valence-electron chi connectivity index (χ2n) is 4.22. The molecule has 0 radical (unpaired) electrons. The maximum atomic E-state index is 11.9. The predicted molar refractivity (Wildman–Crippen MR) is 84.5 cm³/mol. The fraction of sp³-hybridized carbons (Fsp3) is 0.231. The molecular formula is C13H13N3O3S2. The van der Waals surface area contributed by atoms with Gasteiger partial charge in [0.15, 0.2) is 16.6 Å². The standard InChI is InChI=1S/C13H13N3O3S2/c1-20-5-9-6-21-13(15-9)16-12(17)14-8-2-3-10-11(4-8)19-7-18-10/h2-4,6H,5,7H2,1H3,(H2,14,15,16,17). The molecule has 21 heavy (non-hydrogen) atoms. The van der Waals surface area contributed by atoms with E-state index in [0.717, 1.165) is 11.4 Å². The lowest BCUT2D eigenvalue weighted by Gasteiger charge is -2.06. The highest BCUT2D eigenvalue weighted by molar-refractivity contribution is 7.97. The van der Waals surface area contributed by atoms with Crippen molar-refractivity contribution in [1.29, 1.82) is 0 Å². The molecule has 0 aliphatic carbocycles. The van der Waals surface area contributed by atoms with E-state index in [2.05, 4.69) is 15.6 Å². The maximum Gasteiger partial charge on any atom is 0.325 e. The van der Waals surface area contributed by atoms with Crippen LogP contribution in [0.25, 0.3) is 0 Å². The molecule has 2 heterocycles. The van der Waals surface area contributed by atoms with Crippen LogP contribution < -0.4 is 20.1 Å². The van der Waals surface area contributed by atoms with Gasteiger partial charge in [-0.25, -0.2) is 9.78 Å². The van der Waals surface area contributed by atoms with E-state index < -0.39 is 0 Å². The fourth-order valence-electron chi connectivity index (χ4n) is 1.81. The smallest absolute Gasteiger partial charge is 0.325 e. The van der Waals surface area contributed by atoms with Crippen molar-refractivity contribution in [2.45, 2.75) is 5.75 Å². The number of benzene rings is 1. The first-order valence-corrected chi connectivity index (χ1v) is 8.43. The molecule has 6 nitrogen and oxygen atoms in total. The van der Waals surface area contributed by atoms with Crippen LogP contribution in [0.2, 0.25) is 0 Å². The Morgan fingerprint density at radius 3 is 3.10 bits per heavy atom. The minimum Gasteiger partial charge on any atom is -0.454 e. The lowest BCUT2D eigenvalue weighted by atomic mass is 10.3. The molecule has 0 saturated carbocycles. The van der Waals surface area contributed by atoms with Gasteiger partial charge in [-0.05, 0) is 18.4 Å². The number of anilines is 2. The molecule has 0 unspecified atom stereocenters. The number of fused-ring (bicyclic) bond motifs is 1. The molecular weight excluding hydrogens is 310 g/mol. The van der Waals surface area contributed by atoms with E-state index in [-0.39, 0.29) is 12.8 Å². The normalized spacial score (nSPS) is 12.2. The summed E-state index contributed by atoms with van der Waals surface area (Å²) in [4.78, 5) is 16.2. The molecule has 110 valence electrons. The molecule has 1 aliphatic heterocycles. The van der Waals surface area contributed by atoms with Gasteiger partial charge in [0, 0.05) is 22.9 Å². The molecule has 1 aromatic heterocycles. The van der Waals surface area contributed by atoms with Crippen molar-refractivity contribution in [2.75, 3.05) is 23.7 Å². The number of ether oxygens (including phenoxy) is 2. The molecule has 0 saturated heterocycles. The van der Waals surface area contributed by atoms with E-state index in [1.807, 2.05) is 11.6 Å². The lowest BCUT2D eigenvalue weighted by Crippen LogP contribution is -2.19. The third-order valence-corrected chi connectivity index (χ3v) is 4.09. The number of nitrogens with one attached hydrogen (secondary N) is 2. The van der Waals surface area contributed by atoms with Crippen molar-refractivity contribution in [2.24, 2.45) is 0 Å². The van der Waals surface area contributed by atoms with Crippen molar-refractivity contribution in [3.8, 4) is 11.5 Å². The quantitative estimate of drug-likeness (QED) is 0.902. The van der Waals surface area contributed by atoms with Gasteiger partial charge in [0.1, 0.15) is 0 Å². The molecule has 2 N–H and O–H groups in total. The molecule has 1 aromatic carbocycles. The molecule has 1 aliphatic rings. The topological polar surface area (TPSA) is 72.5 Å². The third-order valence-electron chi connectivity index (χ3n) is 2.69. The molecule has 0 spiro atoms. The number of rotatable bonds is 4. The Morgan fingerprint density at radius 1 is 1.38 bits per heavy atom. The number of amides is 2. The Kier molecular flexibility index (Phi) is 4.16. The number of thiazole rings is 1. The van der Waals surface area contributed by atoms with E-state index in [9.17, 15) is 4.79 Å². The first-order chi connectivity index (χ1) is 10.2. The Labute approximate surface area is 129 Å². The molecule has 0 atom stereocenters. The summed E-state index contributed by atoms with van der Waals surface area (Å²) >= 11 is 3.10. The number of carbonyl (C=O) groups excluding carboxylic acids is 1. The largest absolute Gasteiger partial charge is 0.454 e. The number of urea groups is 1. The van der Waals surface area contributed by atoms with Crippen molar-refractivity contribution >= 4 is 39.9 Å². The van der Waals surface area contributed by atoms with Crippen LogP contribution in [-0.2, 0) is 5.75 Å². The second-order valence-corrected chi connectivity index (χ2v) is 5.95. The number of thioether (sulfide) groups is 1. The van der Waals surface area contributed by atoms with Crippen LogP contribution in [0, 0.1) is 0 Å². The number of carbonyl (C=O) groups is 1. The zero-order chi connectivity index (χ0) is 14.7. The average molecular weight is 323 g/mol. The summed E-state index contributed by atoms with van der Waals surface area (Å²) in [6.07, 6.45) is 2.01. The van der Waals surface area contributed by atoms with Crippen LogP contribution in [0.5, 0.6) is 11.5 Å². The van der Waals surface area contributed by atoms with Gasteiger partial charge in [-0.1, -0.05) is 0 Å². The van der Waals surface area contributed by atoms with Gasteiger partial charge in [0.25, 0.3) is 0 Å². The van der Waals surface area contributed by atoms with Crippen LogP contribution in [0.15, 0.2) is 23.6 Å². The van der Waals surface area contributed by atoms with Gasteiger partial charge in [-0.2, -0.15) is 11.8 Å². The fourth-order valence-corrected chi connectivity index (χ4v) is 3.07. The van der Waals surface area contributed by atoms with Crippen LogP contribution in [0.1, 0.15) is 5.69 Å². The molecule has 0 fully saturated rings. The van der Waals surface area contributed by atoms with E-state index in [0.29, 0.717) is 22.3 Å². The van der Waals surface area contributed by atoms with Crippen molar-refractivity contribution in [1.82, 2.24) is 4.98 Å². The number of hydrogen-bond acceptors (Lipinski definition) is 6. The zero-order valence-corrected chi connectivity index (χ0v) is 12.8. The van der Waals surface area contributed by atoms with E-state index in [1.165, 1.54) is 11.3 Å². The van der Waals surface area contributed by atoms with E-state index >= 15 is 0 Å². The van der Waals surface area contributed by atoms with Crippen LogP contribution in [0.4, 0.5) is 15.6 Å². The number of hydrogen-bond donors (Lipinski definition) is 2. The summed E-state index contributed by atoms with van der Waals surface area (Å²) in [6.45, 7) is 0.211. The Bertz CT molecular complexity index is 660. The van der Waals surface area contributed by atoms with Gasteiger partial charge in [-0.3, -0.25) is 5.32 Å². The SMILES string of the molecule is CSCc1csc(NC(=O)Nc2ccc3c(c2)OCO3)n1. The van der Waals surface area contributed by atoms with Gasteiger partial charge >= 0.3 is 6.03 Å². The van der Waals surface area contributed by atoms with Crippen molar-refractivity contribution in [3.05, 3.63) is 29.3 Å². The molecule has 8 heteroatoms. The third kappa shape index (κ3) is 3.40. The first kappa shape index (κ1) is 14.0. The Morgan fingerprint density at radius 2 is 2.24 bits per heavy atom. The van der Waals surface area contributed by atoms with Crippen molar-refractivity contribution < 1.29 is 14.3 Å². The summed E-state index contributed by atoms with van der Waals surface area (Å²) in [7, 11) is 0. The average Bonchev–Trinajstić information content (AvgIpc) is 3.08. The van der Waals surface area contributed by atoms with Gasteiger partial charge in [0.2, 0.25) is 6.79 Å². The van der Waals surface area contributed by atoms with E-state index in [4.69, 9.17) is 9.47 Å². The highest BCUT2D eigenvalue weighted by Crippen LogP contribution is 2.34. The van der Waals surface area contributed by atoms with Crippen molar-refractivity contribution in [3.63, 3.8) is 0 Å². The first-order valence-electron chi connectivity index (χ1n) is 6.15.